The van der Waals surface area contributed by atoms with E-state index < -0.39 is 0 Å². The Hall–Kier alpha value is -3.09. The van der Waals surface area contributed by atoms with Crippen LogP contribution >= 0.6 is 0 Å². The molecule has 2 aromatic carbocycles. The van der Waals surface area contributed by atoms with E-state index in [2.05, 4.69) is 5.32 Å². The maximum absolute atomic E-state index is 13.0. The Kier molecular flexibility index (Phi) is 6.13. The van der Waals surface area contributed by atoms with Gasteiger partial charge in [-0.15, -0.1) is 0 Å². The third-order valence-corrected chi connectivity index (χ3v) is 4.79. The predicted molar refractivity (Wildman–Crippen MR) is 102 cm³/mol. The molecule has 1 aliphatic rings. The third-order valence-electron chi connectivity index (χ3n) is 4.79. The molecule has 0 radical (unpaired) electrons. The number of ether oxygens (including phenoxy) is 2. The van der Waals surface area contributed by atoms with Crippen LogP contribution in [0.3, 0.4) is 0 Å². The van der Waals surface area contributed by atoms with Crippen LogP contribution < -0.4 is 14.8 Å². The lowest BCUT2D eigenvalue weighted by molar-refractivity contribution is -0.127. The molecule has 28 heavy (non-hydrogen) atoms. The molecule has 0 saturated carbocycles. The number of hydrogen-bond acceptors (Lipinski definition) is 4. The Balaban J connectivity index is 1.61. The van der Waals surface area contributed by atoms with Gasteiger partial charge < -0.3 is 19.7 Å². The van der Waals surface area contributed by atoms with Gasteiger partial charge in [-0.1, -0.05) is 18.2 Å². The van der Waals surface area contributed by atoms with E-state index in [0.717, 1.165) is 5.56 Å². The van der Waals surface area contributed by atoms with E-state index in [1.165, 1.54) is 26.4 Å². The summed E-state index contributed by atoms with van der Waals surface area (Å²) in [6.07, 6.45) is 0.875. The number of likely N-dealkylation sites (tertiary alicyclic amines) is 1. The average molecular weight is 386 g/mol. The molecule has 148 valence electrons. The summed E-state index contributed by atoms with van der Waals surface area (Å²) < 4.78 is 23.5. The summed E-state index contributed by atoms with van der Waals surface area (Å²) in [6, 6.07) is 11.1. The number of rotatable bonds is 7. The van der Waals surface area contributed by atoms with Gasteiger partial charge in [-0.25, -0.2) is 4.39 Å². The summed E-state index contributed by atoms with van der Waals surface area (Å²) in [6.45, 7) is 0.956. The summed E-state index contributed by atoms with van der Waals surface area (Å²) in [5.74, 6) is 0.186. The Bertz CT molecular complexity index is 832. The van der Waals surface area contributed by atoms with Crippen LogP contribution in [0.15, 0.2) is 42.5 Å². The van der Waals surface area contributed by atoms with Crippen LogP contribution in [0.4, 0.5) is 4.39 Å². The first kappa shape index (κ1) is 19.7. The lowest BCUT2D eigenvalue weighted by Crippen LogP contribution is -2.37. The van der Waals surface area contributed by atoms with Crippen molar-refractivity contribution in [2.45, 2.75) is 18.9 Å². The zero-order valence-corrected chi connectivity index (χ0v) is 15.9. The van der Waals surface area contributed by atoms with Gasteiger partial charge in [0.2, 0.25) is 5.91 Å². The molecule has 2 aromatic rings. The molecule has 1 heterocycles. The fraction of sp³-hybridized carbons (Fsp3) is 0.333. The van der Waals surface area contributed by atoms with Crippen LogP contribution in [0.2, 0.25) is 0 Å². The molecule has 1 saturated heterocycles. The van der Waals surface area contributed by atoms with E-state index in [0.29, 0.717) is 36.6 Å². The zero-order valence-electron chi connectivity index (χ0n) is 15.9. The van der Waals surface area contributed by atoms with Crippen molar-refractivity contribution in [2.24, 2.45) is 0 Å². The Morgan fingerprint density at radius 3 is 2.39 bits per heavy atom. The minimum atomic E-state index is -0.340. The second kappa shape index (κ2) is 8.73. The van der Waals surface area contributed by atoms with Crippen molar-refractivity contribution in [3.63, 3.8) is 0 Å². The van der Waals surface area contributed by atoms with Crippen LogP contribution in [0.25, 0.3) is 0 Å². The van der Waals surface area contributed by atoms with Crippen LogP contribution in [0, 0.1) is 5.82 Å². The van der Waals surface area contributed by atoms with E-state index in [9.17, 15) is 14.0 Å². The van der Waals surface area contributed by atoms with Gasteiger partial charge in [0, 0.05) is 19.5 Å². The largest absolute Gasteiger partial charge is 0.496 e. The minimum Gasteiger partial charge on any atom is -0.496 e. The van der Waals surface area contributed by atoms with Crippen molar-refractivity contribution in [1.29, 1.82) is 0 Å². The van der Waals surface area contributed by atoms with Crippen LogP contribution in [0.5, 0.6) is 11.5 Å². The number of halogens is 1. The first-order valence-corrected chi connectivity index (χ1v) is 9.06. The topological polar surface area (TPSA) is 67.9 Å². The maximum atomic E-state index is 13.0. The Morgan fingerprint density at radius 1 is 1.14 bits per heavy atom. The highest BCUT2D eigenvalue weighted by Gasteiger charge is 2.31. The smallest absolute Gasteiger partial charge is 0.259 e. The number of carbonyl (C=O) groups excluding carboxylic acids is 2. The van der Waals surface area contributed by atoms with E-state index >= 15 is 0 Å². The van der Waals surface area contributed by atoms with Crippen molar-refractivity contribution in [3.8, 4) is 11.5 Å². The Morgan fingerprint density at radius 2 is 1.79 bits per heavy atom. The van der Waals surface area contributed by atoms with Gasteiger partial charge in [0.1, 0.15) is 22.9 Å². The van der Waals surface area contributed by atoms with Crippen molar-refractivity contribution in [2.75, 3.05) is 27.3 Å². The van der Waals surface area contributed by atoms with Gasteiger partial charge in [0.05, 0.1) is 20.3 Å². The van der Waals surface area contributed by atoms with Crippen LogP contribution in [0.1, 0.15) is 22.3 Å². The van der Waals surface area contributed by atoms with Crippen molar-refractivity contribution in [3.05, 3.63) is 59.4 Å². The highest BCUT2D eigenvalue weighted by atomic mass is 19.1. The fourth-order valence-corrected chi connectivity index (χ4v) is 3.33. The predicted octanol–water partition coefficient (Wildman–Crippen LogP) is 2.42. The van der Waals surface area contributed by atoms with Crippen LogP contribution in [-0.2, 0) is 11.2 Å². The van der Waals surface area contributed by atoms with Crippen molar-refractivity contribution >= 4 is 11.8 Å². The first-order valence-electron chi connectivity index (χ1n) is 9.06. The summed E-state index contributed by atoms with van der Waals surface area (Å²) in [5, 5.41) is 2.90. The van der Waals surface area contributed by atoms with E-state index in [1.54, 1.807) is 35.2 Å². The number of benzene rings is 2. The summed E-state index contributed by atoms with van der Waals surface area (Å²) >= 11 is 0. The highest BCUT2D eigenvalue weighted by molar-refractivity contribution is 6.00. The SMILES string of the molecule is COc1cccc(OC)c1C(=O)N[C@@H]1CC(=O)N(CCc2ccc(F)cc2)C1. The molecule has 0 unspecified atom stereocenters. The minimum absolute atomic E-state index is 0.0144. The molecule has 1 N–H and O–H groups in total. The number of amides is 2. The van der Waals surface area contributed by atoms with Gasteiger partial charge in [-0.05, 0) is 36.2 Å². The second-order valence-corrected chi connectivity index (χ2v) is 6.63. The van der Waals surface area contributed by atoms with Crippen LogP contribution in [-0.4, -0.2) is 50.1 Å². The molecule has 0 spiro atoms. The normalized spacial score (nSPS) is 16.2. The number of hydrogen-bond donors (Lipinski definition) is 1. The highest BCUT2D eigenvalue weighted by Crippen LogP contribution is 2.28. The molecular weight excluding hydrogens is 363 g/mol. The third kappa shape index (κ3) is 4.42. The number of carbonyl (C=O) groups is 2. The quantitative estimate of drug-likeness (QED) is 0.794. The van der Waals surface area contributed by atoms with E-state index in [-0.39, 0.29) is 30.1 Å². The molecule has 1 atom stereocenters. The monoisotopic (exact) mass is 386 g/mol. The first-order chi connectivity index (χ1) is 13.5. The van der Waals surface area contributed by atoms with Gasteiger partial charge in [0.15, 0.2) is 0 Å². The van der Waals surface area contributed by atoms with Gasteiger partial charge in [-0.3, -0.25) is 9.59 Å². The van der Waals surface area contributed by atoms with E-state index in [1.807, 2.05) is 0 Å². The molecule has 1 fully saturated rings. The maximum Gasteiger partial charge on any atom is 0.259 e. The van der Waals surface area contributed by atoms with Gasteiger partial charge >= 0.3 is 0 Å². The molecule has 6 nitrogen and oxygen atoms in total. The zero-order chi connectivity index (χ0) is 20.1. The molecule has 2 amide bonds. The lowest BCUT2D eigenvalue weighted by Gasteiger charge is -2.18. The number of nitrogens with one attached hydrogen (secondary N) is 1. The molecule has 7 heteroatoms. The van der Waals surface area contributed by atoms with Gasteiger partial charge in [-0.2, -0.15) is 0 Å². The molecule has 0 bridgehead atoms. The molecule has 0 aliphatic carbocycles. The Labute approximate surface area is 163 Å². The average Bonchev–Trinajstić information content (AvgIpc) is 3.05. The number of nitrogens with zero attached hydrogens (tertiary/aromatic N) is 1. The second-order valence-electron chi connectivity index (χ2n) is 6.63. The molecular formula is C21H23FN2O4. The summed E-state index contributed by atoms with van der Waals surface area (Å²) in [7, 11) is 2.98. The number of methoxy groups -OCH3 is 2. The lowest BCUT2D eigenvalue weighted by atomic mass is 10.1. The summed E-state index contributed by atoms with van der Waals surface area (Å²) in [4.78, 5) is 26.8. The van der Waals surface area contributed by atoms with Crippen molar-refractivity contribution in [1.82, 2.24) is 10.2 Å². The standard InChI is InChI=1S/C21H23FN2O4/c1-27-17-4-3-5-18(28-2)20(17)21(26)23-16-12-19(25)24(13-16)11-10-14-6-8-15(22)9-7-14/h3-9,16H,10-13H2,1-2H3,(H,23,26)/t16-/m1/s1. The fourth-order valence-electron chi connectivity index (χ4n) is 3.33. The van der Waals surface area contributed by atoms with Crippen molar-refractivity contribution < 1.29 is 23.5 Å². The van der Waals surface area contributed by atoms with E-state index in [4.69, 9.17) is 9.47 Å². The molecule has 3 rings (SSSR count). The van der Waals surface area contributed by atoms with Gasteiger partial charge in [0.25, 0.3) is 5.91 Å². The summed E-state index contributed by atoms with van der Waals surface area (Å²) in [5.41, 5.74) is 1.27. The molecule has 1 aliphatic heterocycles. The molecule has 0 aromatic heterocycles.